The fourth-order valence-corrected chi connectivity index (χ4v) is 2.70. The molecular weight excluding hydrogens is 250 g/mol. The lowest BCUT2D eigenvalue weighted by atomic mass is 10.1. The maximum atomic E-state index is 12.5. The Balaban J connectivity index is 1.99. The zero-order valence-corrected chi connectivity index (χ0v) is 12.6. The zero-order valence-electron chi connectivity index (χ0n) is 12.6. The van der Waals surface area contributed by atoms with Crippen LogP contribution in [-0.4, -0.2) is 30.0 Å². The normalized spacial score (nSPS) is 17.4. The number of carbonyl (C=O) groups excluding carboxylic acids is 1. The van der Waals surface area contributed by atoms with Crippen molar-refractivity contribution in [2.45, 2.75) is 52.1 Å². The number of carbonyl (C=O) groups is 1. The molecule has 1 amide bonds. The van der Waals surface area contributed by atoms with Gasteiger partial charge in [-0.3, -0.25) is 4.79 Å². The monoisotopic (exact) mass is 275 g/mol. The van der Waals surface area contributed by atoms with E-state index in [1.807, 2.05) is 30.0 Å². The maximum Gasteiger partial charge on any atom is 0.263 e. The van der Waals surface area contributed by atoms with Crippen LogP contribution in [-0.2, 0) is 11.2 Å². The number of rotatable bonds is 4. The Morgan fingerprint density at radius 3 is 2.50 bits per heavy atom. The van der Waals surface area contributed by atoms with Crippen molar-refractivity contribution in [3.8, 4) is 5.75 Å². The summed E-state index contributed by atoms with van der Waals surface area (Å²) < 4.78 is 5.90. The second kappa shape index (κ2) is 7.32. The summed E-state index contributed by atoms with van der Waals surface area (Å²) in [6.07, 6.45) is 5.21. The first kappa shape index (κ1) is 14.9. The van der Waals surface area contributed by atoms with Crippen LogP contribution in [0.15, 0.2) is 24.3 Å². The minimum absolute atomic E-state index is 0.123. The highest BCUT2D eigenvalue weighted by atomic mass is 16.5. The van der Waals surface area contributed by atoms with Gasteiger partial charge in [-0.2, -0.15) is 0 Å². The predicted octanol–water partition coefficient (Wildman–Crippen LogP) is 3.42. The molecule has 1 aliphatic heterocycles. The summed E-state index contributed by atoms with van der Waals surface area (Å²) >= 11 is 0. The van der Waals surface area contributed by atoms with Crippen LogP contribution in [0.2, 0.25) is 0 Å². The molecule has 3 nitrogen and oxygen atoms in total. The molecule has 1 saturated heterocycles. The van der Waals surface area contributed by atoms with E-state index in [2.05, 4.69) is 13.0 Å². The largest absolute Gasteiger partial charge is 0.481 e. The molecule has 0 unspecified atom stereocenters. The summed E-state index contributed by atoms with van der Waals surface area (Å²) in [5, 5.41) is 0. The van der Waals surface area contributed by atoms with Gasteiger partial charge in [-0.05, 0) is 37.8 Å². The Hall–Kier alpha value is -1.51. The van der Waals surface area contributed by atoms with Crippen LogP contribution in [0.25, 0.3) is 0 Å². The molecule has 1 aromatic carbocycles. The molecule has 1 aromatic rings. The average molecular weight is 275 g/mol. The van der Waals surface area contributed by atoms with Gasteiger partial charge in [0.25, 0.3) is 5.91 Å². The lowest BCUT2D eigenvalue weighted by molar-refractivity contribution is -0.137. The van der Waals surface area contributed by atoms with Crippen LogP contribution < -0.4 is 4.74 Å². The Morgan fingerprint density at radius 2 is 1.85 bits per heavy atom. The van der Waals surface area contributed by atoms with Gasteiger partial charge in [-0.1, -0.05) is 38.0 Å². The summed E-state index contributed by atoms with van der Waals surface area (Å²) in [7, 11) is 0. The minimum Gasteiger partial charge on any atom is -0.481 e. The van der Waals surface area contributed by atoms with E-state index in [0.717, 1.165) is 43.7 Å². The second-order valence-electron chi connectivity index (χ2n) is 5.46. The lowest BCUT2D eigenvalue weighted by Gasteiger charge is -2.25. The Labute approximate surface area is 121 Å². The zero-order chi connectivity index (χ0) is 14.4. The summed E-state index contributed by atoms with van der Waals surface area (Å²) in [5.74, 6) is 0.962. The highest BCUT2D eigenvalue weighted by molar-refractivity contribution is 5.81. The third kappa shape index (κ3) is 3.75. The number of nitrogens with zero attached hydrogens (tertiary/aromatic N) is 1. The molecule has 1 aliphatic rings. The number of aryl methyl sites for hydroxylation is 1. The van der Waals surface area contributed by atoms with E-state index < -0.39 is 6.10 Å². The number of hydrogen-bond donors (Lipinski definition) is 0. The fourth-order valence-electron chi connectivity index (χ4n) is 2.70. The standard InChI is InChI=1S/C17H25NO2/c1-3-15-10-6-7-11-16(15)20-14(2)17(19)18-12-8-4-5-9-13-18/h6-7,10-11,14H,3-5,8-9,12-13H2,1-2H3/t14-/m1/s1. The van der Waals surface area contributed by atoms with Gasteiger partial charge >= 0.3 is 0 Å². The molecule has 110 valence electrons. The van der Waals surface area contributed by atoms with Crippen molar-refractivity contribution in [3.63, 3.8) is 0 Å². The van der Waals surface area contributed by atoms with E-state index in [4.69, 9.17) is 4.74 Å². The number of para-hydroxylation sites is 1. The molecule has 1 heterocycles. The Morgan fingerprint density at radius 1 is 1.20 bits per heavy atom. The van der Waals surface area contributed by atoms with Gasteiger partial charge in [0.2, 0.25) is 0 Å². The van der Waals surface area contributed by atoms with Gasteiger partial charge in [0, 0.05) is 13.1 Å². The topological polar surface area (TPSA) is 29.5 Å². The van der Waals surface area contributed by atoms with Crippen molar-refractivity contribution in [1.29, 1.82) is 0 Å². The summed E-state index contributed by atoms with van der Waals surface area (Å²) in [6.45, 7) is 5.72. The van der Waals surface area contributed by atoms with E-state index in [9.17, 15) is 4.79 Å². The second-order valence-corrected chi connectivity index (χ2v) is 5.46. The van der Waals surface area contributed by atoms with Gasteiger partial charge in [0.15, 0.2) is 6.10 Å². The van der Waals surface area contributed by atoms with Crippen LogP contribution in [0.5, 0.6) is 5.75 Å². The van der Waals surface area contributed by atoms with Gasteiger partial charge in [0.05, 0.1) is 0 Å². The Kier molecular flexibility index (Phi) is 5.45. The molecule has 1 fully saturated rings. The molecule has 20 heavy (non-hydrogen) atoms. The van der Waals surface area contributed by atoms with Crippen molar-refractivity contribution in [2.24, 2.45) is 0 Å². The van der Waals surface area contributed by atoms with Crippen molar-refractivity contribution in [1.82, 2.24) is 4.90 Å². The number of likely N-dealkylation sites (tertiary alicyclic amines) is 1. The van der Waals surface area contributed by atoms with Crippen molar-refractivity contribution < 1.29 is 9.53 Å². The van der Waals surface area contributed by atoms with E-state index >= 15 is 0 Å². The minimum atomic E-state index is -0.402. The van der Waals surface area contributed by atoms with Crippen LogP contribution in [0.4, 0.5) is 0 Å². The first-order valence-electron chi connectivity index (χ1n) is 7.75. The SMILES string of the molecule is CCc1ccccc1O[C@H](C)C(=O)N1CCCCCC1. The first-order valence-corrected chi connectivity index (χ1v) is 7.75. The molecule has 1 atom stereocenters. The summed E-state index contributed by atoms with van der Waals surface area (Å²) in [5.41, 5.74) is 1.16. The van der Waals surface area contributed by atoms with E-state index in [-0.39, 0.29) is 5.91 Å². The van der Waals surface area contributed by atoms with Crippen LogP contribution in [0.3, 0.4) is 0 Å². The van der Waals surface area contributed by atoms with Gasteiger partial charge < -0.3 is 9.64 Å². The quantitative estimate of drug-likeness (QED) is 0.842. The highest BCUT2D eigenvalue weighted by Crippen LogP contribution is 2.20. The van der Waals surface area contributed by atoms with Crippen LogP contribution >= 0.6 is 0 Å². The van der Waals surface area contributed by atoms with Gasteiger partial charge in [0.1, 0.15) is 5.75 Å². The predicted molar refractivity (Wildman–Crippen MR) is 81.0 cm³/mol. The highest BCUT2D eigenvalue weighted by Gasteiger charge is 2.23. The molecule has 0 bridgehead atoms. The average Bonchev–Trinajstić information content (AvgIpc) is 2.76. The summed E-state index contributed by atoms with van der Waals surface area (Å²) in [6, 6.07) is 7.97. The molecule has 3 heteroatoms. The smallest absolute Gasteiger partial charge is 0.263 e. The lowest BCUT2D eigenvalue weighted by Crippen LogP contribution is -2.41. The molecular formula is C17H25NO2. The van der Waals surface area contributed by atoms with Crippen molar-refractivity contribution in [2.75, 3.05) is 13.1 Å². The summed E-state index contributed by atoms with van der Waals surface area (Å²) in [4.78, 5) is 14.4. The van der Waals surface area contributed by atoms with Crippen molar-refractivity contribution >= 4 is 5.91 Å². The number of amides is 1. The maximum absolute atomic E-state index is 12.5. The molecule has 0 saturated carbocycles. The molecule has 2 rings (SSSR count). The van der Waals surface area contributed by atoms with E-state index in [1.165, 1.54) is 12.8 Å². The first-order chi connectivity index (χ1) is 9.72. The van der Waals surface area contributed by atoms with Crippen LogP contribution in [0.1, 0.15) is 45.1 Å². The Bertz CT molecular complexity index is 436. The van der Waals surface area contributed by atoms with Gasteiger partial charge in [-0.15, -0.1) is 0 Å². The third-order valence-electron chi connectivity index (χ3n) is 3.92. The van der Waals surface area contributed by atoms with Crippen LogP contribution in [0, 0.1) is 0 Å². The van der Waals surface area contributed by atoms with Gasteiger partial charge in [-0.25, -0.2) is 0 Å². The van der Waals surface area contributed by atoms with E-state index in [1.54, 1.807) is 0 Å². The van der Waals surface area contributed by atoms with Crippen molar-refractivity contribution in [3.05, 3.63) is 29.8 Å². The third-order valence-corrected chi connectivity index (χ3v) is 3.92. The molecule has 0 aromatic heterocycles. The molecule has 0 aliphatic carbocycles. The molecule has 0 spiro atoms. The fraction of sp³-hybridized carbons (Fsp3) is 0.588. The van der Waals surface area contributed by atoms with E-state index in [0.29, 0.717) is 0 Å². The number of benzene rings is 1. The molecule has 0 N–H and O–H groups in total. The molecule has 0 radical (unpaired) electrons. The number of ether oxygens (including phenoxy) is 1. The number of hydrogen-bond acceptors (Lipinski definition) is 2.